The molecule has 1 saturated heterocycles. The van der Waals surface area contributed by atoms with Crippen LogP contribution in [-0.2, 0) is 6.54 Å². The Balaban J connectivity index is 1.93. The highest BCUT2D eigenvalue weighted by Gasteiger charge is 2.16. The van der Waals surface area contributed by atoms with Crippen LogP contribution in [0.25, 0.3) is 0 Å². The van der Waals surface area contributed by atoms with E-state index in [9.17, 15) is 9.90 Å². The Bertz CT molecular complexity index is 430. The van der Waals surface area contributed by atoms with Crippen LogP contribution in [0, 0.1) is 0 Å². The number of hydrogen-bond acceptors (Lipinski definition) is 4. The molecule has 1 aromatic rings. The Labute approximate surface area is 100 Å². The van der Waals surface area contributed by atoms with Crippen molar-refractivity contribution in [2.24, 2.45) is 0 Å². The van der Waals surface area contributed by atoms with Crippen LogP contribution in [0.4, 0.5) is 5.69 Å². The summed E-state index contributed by atoms with van der Waals surface area (Å²) in [6.45, 7) is 3.10. The molecule has 17 heavy (non-hydrogen) atoms. The molecule has 0 aliphatic carbocycles. The number of aliphatic hydroxyl groups excluding tert-OH is 1. The first-order valence-electron chi connectivity index (χ1n) is 6.01. The SMILES string of the molecule is Nc1ccc(=O)n(CCN2CCCC(O)C2)c1. The summed E-state index contributed by atoms with van der Waals surface area (Å²) in [5, 5.41) is 9.55. The predicted molar refractivity (Wildman–Crippen MR) is 66.8 cm³/mol. The van der Waals surface area contributed by atoms with Gasteiger partial charge in [0.1, 0.15) is 0 Å². The molecule has 5 heteroatoms. The Kier molecular flexibility index (Phi) is 3.81. The second-order valence-electron chi connectivity index (χ2n) is 4.59. The van der Waals surface area contributed by atoms with Gasteiger partial charge in [-0.3, -0.25) is 9.69 Å². The summed E-state index contributed by atoms with van der Waals surface area (Å²) in [5.74, 6) is 0. The zero-order valence-electron chi connectivity index (χ0n) is 9.88. The number of piperidine rings is 1. The molecule has 2 heterocycles. The fourth-order valence-electron chi connectivity index (χ4n) is 2.21. The van der Waals surface area contributed by atoms with Gasteiger partial charge >= 0.3 is 0 Å². The van der Waals surface area contributed by atoms with Gasteiger partial charge in [-0.25, -0.2) is 0 Å². The number of rotatable bonds is 3. The first-order chi connectivity index (χ1) is 8.15. The van der Waals surface area contributed by atoms with E-state index in [4.69, 9.17) is 5.73 Å². The molecule has 0 aromatic carbocycles. The molecule has 94 valence electrons. The third kappa shape index (κ3) is 3.31. The van der Waals surface area contributed by atoms with E-state index < -0.39 is 0 Å². The van der Waals surface area contributed by atoms with Crippen LogP contribution >= 0.6 is 0 Å². The van der Waals surface area contributed by atoms with E-state index in [2.05, 4.69) is 4.90 Å². The van der Waals surface area contributed by atoms with Crippen molar-refractivity contribution in [3.05, 3.63) is 28.7 Å². The third-order valence-corrected chi connectivity index (χ3v) is 3.14. The van der Waals surface area contributed by atoms with Crippen LogP contribution in [0.1, 0.15) is 12.8 Å². The van der Waals surface area contributed by atoms with E-state index in [1.54, 1.807) is 16.8 Å². The second kappa shape index (κ2) is 5.33. The van der Waals surface area contributed by atoms with E-state index in [1.165, 1.54) is 6.07 Å². The number of pyridine rings is 1. The zero-order valence-corrected chi connectivity index (χ0v) is 9.88. The topological polar surface area (TPSA) is 71.5 Å². The first kappa shape index (κ1) is 12.1. The highest BCUT2D eigenvalue weighted by atomic mass is 16.3. The summed E-state index contributed by atoms with van der Waals surface area (Å²) < 4.78 is 1.62. The Morgan fingerprint density at radius 3 is 3.00 bits per heavy atom. The van der Waals surface area contributed by atoms with Crippen LogP contribution in [0.5, 0.6) is 0 Å². The minimum absolute atomic E-state index is 0.0308. The summed E-state index contributed by atoms with van der Waals surface area (Å²) in [4.78, 5) is 13.7. The zero-order chi connectivity index (χ0) is 12.3. The summed E-state index contributed by atoms with van der Waals surface area (Å²) in [6.07, 6.45) is 3.35. The van der Waals surface area contributed by atoms with E-state index in [1.807, 2.05) is 0 Å². The molecule has 1 aromatic heterocycles. The molecule has 5 nitrogen and oxygen atoms in total. The second-order valence-corrected chi connectivity index (χ2v) is 4.59. The van der Waals surface area contributed by atoms with Crippen molar-refractivity contribution in [3.63, 3.8) is 0 Å². The van der Waals surface area contributed by atoms with Gasteiger partial charge in [0.15, 0.2) is 0 Å². The fraction of sp³-hybridized carbons (Fsp3) is 0.583. The van der Waals surface area contributed by atoms with Crippen molar-refractivity contribution in [1.82, 2.24) is 9.47 Å². The van der Waals surface area contributed by atoms with E-state index in [0.29, 0.717) is 18.8 Å². The number of nitrogens with two attached hydrogens (primary N) is 1. The van der Waals surface area contributed by atoms with Gasteiger partial charge in [-0.1, -0.05) is 0 Å². The summed E-state index contributed by atoms with van der Waals surface area (Å²) >= 11 is 0. The third-order valence-electron chi connectivity index (χ3n) is 3.14. The number of anilines is 1. The maximum atomic E-state index is 11.5. The first-order valence-corrected chi connectivity index (χ1v) is 6.01. The standard InChI is InChI=1S/C12H19N3O2/c13-10-3-4-12(17)15(8-10)7-6-14-5-1-2-11(16)9-14/h3-4,8,11,16H,1-2,5-7,9,13H2. The Morgan fingerprint density at radius 1 is 1.41 bits per heavy atom. The van der Waals surface area contributed by atoms with E-state index in [0.717, 1.165) is 25.9 Å². The molecule has 1 aliphatic heterocycles. The molecule has 0 amide bonds. The number of aromatic nitrogens is 1. The lowest BCUT2D eigenvalue weighted by Gasteiger charge is -2.30. The molecule has 1 fully saturated rings. The highest BCUT2D eigenvalue weighted by Crippen LogP contribution is 2.09. The average Bonchev–Trinajstić information content (AvgIpc) is 2.30. The maximum Gasteiger partial charge on any atom is 0.250 e. The molecule has 1 atom stereocenters. The number of β-amino-alcohol motifs (C(OH)–C–C–N with tert-alkyl or cyclic N) is 1. The van der Waals surface area contributed by atoms with Gasteiger partial charge in [-0.2, -0.15) is 0 Å². The van der Waals surface area contributed by atoms with Crippen molar-refractivity contribution in [3.8, 4) is 0 Å². The summed E-state index contributed by atoms with van der Waals surface area (Å²) in [7, 11) is 0. The maximum absolute atomic E-state index is 11.5. The van der Waals surface area contributed by atoms with Crippen LogP contribution in [-0.4, -0.2) is 40.3 Å². The molecule has 0 saturated carbocycles. The quantitative estimate of drug-likeness (QED) is 0.769. The van der Waals surface area contributed by atoms with Gasteiger partial charge < -0.3 is 15.4 Å². The van der Waals surface area contributed by atoms with E-state index >= 15 is 0 Å². The smallest absolute Gasteiger partial charge is 0.250 e. The molecule has 1 aliphatic rings. The van der Waals surface area contributed by atoms with Crippen molar-refractivity contribution < 1.29 is 5.11 Å². The number of nitrogen functional groups attached to an aromatic ring is 1. The summed E-state index contributed by atoms with van der Waals surface area (Å²) in [6, 6.07) is 3.10. The Morgan fingerprint density at radius 2 is 2.24 bits per heavy atom. The summed E-state index contributed by atoms with van der Waals surface area (Å²) in [5.41, 5.74) is 6.21. The molecule has 3 N–H and O–H groups in total. The van der Waals surface area contributed by atoms with Gasteiger partial charge in [0.2, 0.25) is 0 Å². The van der Waals surface area contributed by atoms with Crippen LogP contribution in [0.3, 0.4) is 0 Å². The average molecular weight is 237 g/mol. The van der Waals surface area contributed by atoms with Gasteiger partial charge in [-0.05, 0) is 25.5 Å². The fourth-order valence-corrected chi connectivity index (χ4v) is 2.21. The minimum Gasteiger partial charge on any atom is -0.398 e. The molecule has 0 radical (unpaired) electrons. The molecule has 0 spiro atoms. The van der Waals surface area contributed by atoms with Crippen LogP contribution in [0.15, 0.2) is 23.1 Å². The van der Waals surface area contributed by atoms with Gasteiger partial charge in [0.25, 0.3) is 5.56 Å². The van der Waals surface area contributed by atoms with Crippen molar-refractivity contribution in [2.75, 3.05) is 25.4 Å². The predicted octanol–water partition coefficient (Wildman–Crippen LogP) is -0.113. The molecular formula is C12H19N3O2. The lowest BCUT2D eigenvalue weighted by atomic mass is 10.1. The van der Waals surface area contributed by atoms with Gasteiger partial charge in [0.05, 0.1) is 6.10 Å². The minimum atomic E-state index is -0.221. The highest BCUT2D eigenvalue weighted by molar-refractivity contribution is 5.33. The number of nitrogens with zero attached hydrogens (tertiary/aromatic N) is 2. The molecule has 2 rings (SSSR count). The lowest BCUT2D eigenvalue weighted by molar-refractivity contribution is 0.0688. The monoisotopic (exact) mass is 237 g/mol. The molecule has 1 unspecified atom stereocenters. The van der Waals surface area contributed by atoms with Gasteiger partial charge in [0, 0.05) is 37.6 Å². The number of likely N-dealkylation sites (tertiary alicyclic amines) is 1. The largest absolute Gasteiger partial charge is 0.398 e. The Hall–Kier alpha value is -1.33. The van der Waals surface area contributed by atoms with Crippen LogP contribution in [0.2, 0.25) is 0 Å². The van der Waals surface area contributed by atoms with Crippen molar-refractivity contribution >= 4 is 5.69 Å². The van der Waals surface area contributed by atoms with Crippen molar-refractivity contribution in [1.29, 1.82) is 0 Å². The number of hydrogen-bond donors (Lipinski definition) is 2. The molecular weight excluding hydrogens is 218 g/mol. The van der Waals surface area contributed by atoms with Crippen LogP contribution < -0.4 is 11.3 Å². The normalized spacial score (nSPS) is 21.6. The lowest BCUT2D eigenvalue weighted by Crippen LogP contribution is -2.40. The van der Waals surface area contributed by atoms with E-state index in [-0.39, 0.29) is 11.7 Å². The number of aliphatic hydroxyl groups is 1. The molecule has 0 bridgehead atoms. The van der Waals surface area contributed by atoms with Gasteiger partial charge in [-0.15, -0.1) is 0 Å². The van der Waals surface area contributed by atoms with Crippen molar-refractivity contribution in [2.45, 2.75) is 25.5 Å².